The van der Waals surface area contributed by atoms with Crippen LogP contribution in [0, 0.1) is 0 Å². The number of anilines is 3. The number of fused-ring (bicyclic) bond motifs is 4. The number of piperidine rings is 1. The van der Waals surface area contributed by atoms with Gasteiger partial charge in [0.25, 0.3) is 5.91 Å². The quantitative estimate of drug-likeness (QED) is 0.458. The molecule has 12 nitrogen and oxygen atoms in total. The van der Waals surface area contributed by atoms with E-state index in [1.807, 2.05) is 13.8 Å². The highest BCUT2D eigenvalue weighted by Gasteiger charge is 2.39. The Kier molecular flexibility index (Phi) is 7.08. The molecular weight excluding hydrogens is 442 g/mol. The monoisotopic (exact) mass is 471 g/mol. The lowest BCUT2D eigenvalue weighted by molar-refractivity contribution is 0.0536. The molecule has 0 radical (unpaired) electrons. The summed E-state index contributed by atoms with van der Waals surface area (Å²) in [6.07, 6.45) is 3.78. The first kappa shape index (κ1) is 23.6. The lowest BCUT2D eigenvalue weighted by Crippen LogP contribution is -2.56. The van der Waals surface area contributed by atoms with Gasteiger partial charge in [-0.3, -0.25) is 15.0 Å². The lowest BCUT2D eigenvalue weighted by atomic mass is 10.0. The molecule has 1 saturated heterocycles. The maximum Gasteiger partial charge on any atom is 0.329 e. The van der Waals surface area contributed by atoms with E-state index in [1.165, 1.54) is 12.3 Å². The molecule has 2 aromatic rings. The maximum atomic E-state index is 13.4. The average molecular weight is 472 g/mol. The summed E-state index contributed by atoms with van der Waals surface area (Å²) in [6.45, 7) is 4.67. The summed E-state index contributed by atoms with van der Waals surface area (Å²) in [5.74, 6) is 0.627. The molecular formula is C22H29N7O5. The van der Waals surface area contributed by atoms with Gasteiger partial charge in [-0.25, -0.2) is 19.7 Å². The van der Waals surface area contributed by atoms with E-state index >= 15 is 0 Å². The van der Waals surface area contributed by atoms with E-state index < -0.39 is 24.6 Å². The summed E-state index contributed by atoms with van der Waals surface area (Å²) in [5, 5.41) is 24.0. The van der Waals surface area contributed by atoms with E-state index in [0.29, 0.717) is 23.8 Å². The first-order valence-corrected chi connectivity index (χ1v) is 11.3. The Morgan fingerprint density at radius 3 is 2.91 bits per heavy atom. The van der Waals surface area contributed by atoms with E-state index in [4.69, 9.17) is 9.84 Å². The Balaban J connectivity index is 1.58. The standard InChI is InChI=1S/C22H29N7O5/c1-13(2)25-21(32)19-24-9-17-20(27-19)29(14-4-3-7-28(17)10-14)22(33)26-18-8-16(5-6-23-18)34-12-15(31)11-30/h5-6,8-9,13-15,30-31H,3-4,7,10-12H2,1-2H3,(H,25,32)(H,23,26,33)/t14-,15+/m0/s1. The van der Waals surface area contributed by atoms with E-state index in [9.17, 15) is 14.7 Å². The fourth-order valence-corrected chi connectivity index (χ4v) is 4.01. The zero-order valence-electron chi connectivity index (χ0n) is 19.1. The van der Waals surface area contributed by atoms with E-state index in [-0.39, 0.29) is 30.3 Å². The molecule has 2 aliphatic heterocycles. The van der Waals surface area contributed by atoms with Gasteiger partial charge in [-0.15, -0.1) is 0 Å². The number of nitrogens with zero attached hydrogens (tertiary/aromatic N) is 5. The number of aliphatic hydroxyl groups is 2. The average Bonchev–Trinajstić information content (AvgIpc) is 2.82. The highest BCUT2D eigenvalue weighted by atomic mass is 16.5. The Bertz CT molecular complexity index is 1050. The van der Waals surface area contributed by atoms with Gasteiger partial charge in [0.2, 0.25) is 5.82 Å². The summed E-state index contributed by atoms with van der Waals surface area (Å²) in [4.78, 5) is 42.5. The smallest absolute Gasteiger partial charge is 0.329 e. The van der Waals surface area contributed by atoms with Crippen LogP contribution >= 0.6 is 0 Å². The van der Waals surface area contributed by atoms with Crippen molar-refractivity contribution < 1.29 is 24.5 Å². The van der Waals surface area contributed by atoms with Crippen LogP contribution in [0.25, 0.3) is 0 Å². The van der Waals surface area contributed by atoms with Crippen LogP contribution < -0.4 is 25.2 Å². The molecule has 12 heteroatoms. The van der Waals surface area contributed by atoms with Crippen LogP contribution in [0.3, 0.4) is 0 Å². The fraction of sp³-hybridized carbons (Fsp3) is 0.500. The number of urea groups is 1. The zero-order chi connectivity index (χ0) is 24.2. The Morgan fingerprint density at radius 2 is 2.15 bits per heavy atom. The van der Waals surface area contributed by atoms with Crippen molar-refractivity contribution in [1.82, 2.24) is 20.3 Å². The summed E-state index contributed by atoms with van der Waals surface area (Å²) in [6, 6.07) is 2.50. The van der Waals surface area contributed by atoms with Crippen LogP contribution in [0.4, 0.5) is 22.1 Å². The number of pyridine rings is 1. The topological polar surface area (TPSA) is 153 Å². The van der Waals surface area contributed by atoms with Crippen molar-refractivity contribution in [2.24, 2.45) is 0 Å². The van der Waals surface area contributed by atoms with Crippen molar-refractivity contribution in [2.45, 2.75) is 44.9 Å². The summed E-state index contributed by atoms with van der Waals surface area (Å²) in [5.41, 5.74) is 0.704. The van der Waals surface area contributed by atoms with Crippen LogP contribution in [-0.2, 0) is 0 Å². The Hall–Kier alpha value is -3.51. The molecule has 2 aromatic heterocycles. The summed E-state index contributed by atoms with van der Waals surface area (Å²) in [7, 11) is 0. The minimum absolute atomic E-state index is 0.00221. The van der Waals surface area contributed by atoms with Gasteiger partial charge in [0.05, 0.1) is 24.5 Å². The molecule has 1 fully saturated rings. The van der Waals surface area contributed by atoms with Gasteiger partial charge in [-0.2, -0.15) is 0 Å². The number of rotatable bonds is 7. The van der Waals surface area contributed by atoms with Crippen LogP contribution in [-0.4, -0.2) is 81.6 Å². The van der Waals surface area contributed by atoms with Crippen molar-refractivity contribution in [2.75, 3.05) is 41.4 Å². The first-order valence-electron chi connectivity index (χ1n) is 11.3. The molecule has 2 atom stereocenters. The number of amides is 3. The normalized spacial score (nSPS) is 17.7. The first-order chi connectivity index (χ1) is 16.4. The van der Waals surface area contributed by atoms with E-state index in [1.54, 1.807) is 17.2 Å². The molecule has 0 aliphatic carbocycles. The molecule has 0 spiro atoms. The van der Waals surface area contributed by atoms with E-state index in [2.05, 4.69) is 30.5 Å². The van der Waals surface area contributed by atoms with Crippen molar-refractivity contribution >= 4 is 29.3 Å². The van der Waals surface area contributed by atoms with Gasteiger partial charge in [0.1, 0.15) is 24.3 Å². The molecule has 0 unspecified atom stereocenters. The minimum atomic E-state index is -1.01. The molecule has 0 aromatic carbocycles. The third-order valence-electron chi connectivity index (χ3n) is 5.54. The SMILES string of the molecule is CC(C)NC(=O)c1ncc2c(n1)N(C(=O)Nc1cc(OC[C@H](O)CO)ccn1)[C@H]1CCCN2C1. The summed E-state index contributed by atoms with van der Waals surface area (Å²) >= 11 is 0. The third kappa shape index (κ3) is 5.18. The van der Waals surface area contributed by atoms with Crippen molar-refractivity contribution in [1.29, 1.82) is 0 Å². The number of ether oxygens (including phenoxy) is 1. The molecule has 4 rings (SSSR count). The number of nitrogens with one attached hydrogen (secondary N) is 2. The Morgan fingerprint density at radius 1 is 1.32 bits per heavy atom. The van der Waals surface area contributed by atoms with Crippen LogP contribution in [0.1, 0.15) is 37.3 Å². The van der Waals surface area contributed by atoms with E-state index in [0.717, 1.165) is 19.4 Å². The minimum Gasteiger partial charge on any atom is -0.491 e. The predicted octanol–water partition coefficient (Wildman–Crippen LogP) is 0.763. The second kappa shape index (κ2) is 10.2. The fourth-order valence-electron chi connectivity index (χ4n) is 4.01. The molecule has 2 bridgehead atoms. The molecule has 4 N–H and O–H groups in total. The van der Waals surface area contributed by atoms with Gasteiger partial charge >= 0.3 is 6.03 Å². The molecule has 0 saturated carbocycles. The largest absolute Gasteiger partial charge is 0.491 e. The Labute approximate surface area is 197 Å². The highest BCUT2D eigenvalue weighted by molar-refractivity contribution is 6.04. The van der Waals surface area contributed by atoms with Crippen LogP contribution in [0.2, 0.25) is 0 Å². The van der Waals surface area contributed by atoms with Gasteiger partial charge in [0, 0.05) is 31.4 Å². The van der Waals surface area contributed by atoms with Crippen LogP contribution in [0.15, 0.2) is 24.5 Å². The molecule has 3 amide bonds. The van der Waals surface area contributed by atoms with Gasteiger partial charge < -0.3 is 25.2 Å². The van der Waals surface area contributed by atoms with Gasteiger partial charge in [0.15, 0.2) is 5.82 Å². The van der Waals surface area contributed by atoms with Crippen molar-refractivity contribution in [3.63, 3.8) is 0 Å². The number of aromatic nitrogens is 3. The maximum absolute atomic E-state index is 13.4. The van der Waals surface area contributed by atoms with Crippen molar-refractivity contribution in [3.05, 3.63) is 30.4 Å². The number of aliphatic hydroxyl groups excluding tert-OH is 2. The second-order valence-electron chi connectivity index (χ2n) is 8.60. The molecule has 182 valence electrons. The highest BCUT2D eigenvalue weighted by Crippen LogP contribution is 2.37. The zero-order valence-corrected chi connectivity index (χ0v) is 19.1. The number of hydrogen-bond donors (Lipinski definition) is 4. The molecule has 4 heterocycles. The lowest BCUT2D eigenvalue weighted by Gasteiger charge is -2.45. The van der Waals surface area contributed by atoms with Gasteiger partial charge in [-0.05, 0) is 32.8 Å². The number of carbonyl (C=O) groups is 2. The second-order valence-corrected chi connectivity index (χ2v) is 8.60. The van der Waals surface area contributed by atoms with Crippen molar-refractivity contribution in [3.8, 4) is 5.75 Å². The number of carbonyl (C=O) groups excluding carboxylic acids is 2. The molecule has 2 aliphatic rings. The third-order valence-corrected chi connectivity index (χ3v) is 5.54. The van der Waals surface area contributed by atoms with Crippen LogP contribution in [0.5, 0.6) is 5.75 Å². The molecule has 34 heavy (non-hydrogen) atoms. The van der Waals surface area contributed by atoms with Gasteiger partial charge in [-0.1, -0.05) is 0 Å². The number of hydrogen-bond acceptors (Lipinski definition) is 9. The summed E-state index contributed by atoms with van der Waals surface area (Å²) < 4.78 is 5.44. The predicted molar refractivity (Wildman–Crippen MR) is 124 cm³/mol.